The lowest BCUT2D eigenvalue weighted by atomic mass is 9.90. The Labute approximate surface area is 140 Å². The standard InChI is InChI=1S/C13H17ClF2O8/c1-5(17)21-4-8-10(22-6(2)18)11(23-7(3)19)9(12(20)24-8)13(14,15)16/h8-12,20H,4H2,1-3H3/t8-,9-,10-,11-,12+/m1/s1. The Morgan fingerprint density at radius 3 is 2.00 bits per heavy atom. The number of carbonyl (C=O) groups excluding carboxylic acids is 3. The van der Waals surface area contributed by atoms with Gasteiger partial charge >= 0.3 is 23.3 Å². The molecule has 1 saturated heterocycles. The van der Waals surface area contributed by atoms with Gasteiger partial charge in [-0.1, -0.05) is 0 Å². The summed E-state index contributed by atoms with van der Waals surface area (Å²) in [6.45, 7) is 2.49. The minimum atomic E-state index is -4.04. The molecule has 0 aromatic carbocycles. The number of esters is 3. The van der Waals surface area contributed by atoms with Crippen LogP contribution in [0.15, 0.2) is 0 Å². The highest BCUT2D eigenvalue weighted by Gasteiger charge is 2.59. The molecule has 1 aliphatic heterocycles. The van der Waals surface area contributed by atoms with E-state index in [-0.39, 0.29) is 0 Å². The van der Waals surface area contributed by atoms with Crippen LogP contribution in [0, 0.1) is 5.92 Å². The fourth-order valence-electron chi connectivity index (χ4n) is 2.27. The topological polar surface area (TPSA) is 108 Å². The third kappa shape index (κ3) is 5.53. The maximum atomic E-state index is 13.6. The first-order chi connectivity index (χ1) is 10.9. The van der Waals surface area contributed by atoms with E-state index in [4.69, 9.17) is 25.8 Å². The summed E-state index contributed by atoms with van der Waals surface area (Å²) < 4.78 is 46.6. The number of carbonyl (C=O) groups is 3. The van der Waals surface area contributed by atoms with Crippen molar-refractivity contribution in [2.75, 3.05) is 6.61 Å². The molecule has 0 aromatic heterocycles. The summed E-state index contributed by atoms with van der Waals surface area (Å²) in [7, 11) is 0. The molecule has 5 atom stereocenters. The highest BCUT2D eigenvalue weighted by atomic mass is 35.5. The van der Waals surface area contributed by atoms with Crippen LogP contribution >= 0.6 is 11.6 Å². The van der Waals surface area contributed by atoms with E-state index in [1.165, 1.54) is 0 Å². The zero-order valence-electron chi connectivity index (χ0n) is 13.0. The average molecular weight is 375 g/mol. The van der Waals surface area contributed by atoms with Gasteiger partial charge in [0.1, 0.15) is 18.6 Å². The van der Waals surface area contributed by atoms with Gasteiger partial charge in [0.2, 0.25) is 0 Å². The normalized spacial score (nSPS) is 30.4. The number of rotatable bonds is 5. The molecular weight excluding hydrogens is 358 g/mol. The Hall–Kier alpha value is -1.52. The molecule has 0 amide bonds. The zero-order valence-corrected chi connectivity index (χ0v) is 13.8. The molecular formula is C13H17ClF2O8. The van der Waals surface area contributed by atoms with Gasteiger partial charge in [-0.05, 0) is 11.6 Å². The molecule has 0 aromatic rings. The lowest BCUT2D eigenvalue weighted by Crippen LogP contribution is -2.62. The van der Waals surface area contributed by atoms with E-state index in [1.54, 1.807) is 0 Å². The molecule has 24 heavy (non-hydrogen) atoms. The molecule has 11 heteroatoms. The molecule has 0 radical (unpaired) electrons. The number of hydrogen-bond acceptors (Lipinski definition) is 8. The number of halogens is 3. The van der Waals surface area contributed by atoms with Gasteiger partial charge in [0.05, 0.1) is 0 Å². The van der Waals surface area contributed by atoms with Gasteiger partial charge in [-0.2, -0.15) is 8.78 Å². The first-order valence-corrected chi connectivity index (χ1v) is 7.19. The second-order valence-corrected chi connectivity index (χ2v) is 5.59. The number of aliphatic hydroxyl groups is 1. The van der Waals surface area contributed by atoms with Crippen LogP contribution in [0.1, 0.15) is 20.8 Å². The Morgan fingerprint density at radius 1 is 1.08 bits per heavy atom. The molecule has 0 bridgehead atoms. The van der Waals surface area contributed by atoms with E-state index in [1.807, 2.05) is 0 Å². The zero-order chi connectivity index (χ0) is 18.7. The van der Waals surface area contributed by atoms with Crippen molar-refractivity contribution in [3.8, 4) is 0 Å². The van der Waals surface area contributed by atoms with Crippen molar-refractivity contribution in [3.63, 3.8) is 0 Å². The summed E-state index contributed by atoms with van der Waals surface area (Å²) in [4.78, 5) is 33.4. The van der Waals surface area contributed by atoms with Gasteiger partial charge in [-0.25, -0.2) is 0 Å². The summed E-state index contributed by atoms with van der Waals surface area (Å²) in [6, 6.07) is 0. The highest BCUT2D eigenvalue weighted by Crippen LogP contribution is 2.41. The predicted molar refractivity (Wildman–Crippen MR) is 72.9 cm³/mol. The van der Waals surface area contributed by atoms with Gasteiger partial charge < -0.3 is 24.1 Å². The average Bonchev–Trinajstić information content (AvgIpc) is 2.36. The largest absolute Gasteiger partial charge is 0.463 e. The van der Waals surface area contributed by atoms with Crippen molar-refractivity contribution < 1.29 is 47.2 Å². The molecule has 0 aliphatic carbocycles. The van der Waals surface area contributed by atoms with Crippen LogP contribution in [0.25, 0.3) is 0 Å². The van der Waals surface area contributed by atoms with Crippen LogP contribution in [0.5, 0.6) is 0 Å². The van der Waals surface area contributed by atoms with E-state index < -0.39 is 60.4 Å². The van der Waals surface area contributed by atoms with E-state index in [2.05, 4.69) is 4.74 Å². The SMILES string of the molecule is CC(=O)OC[C@H]1O[C@H](O)[C@H](C(F)(F)Cl)[C@@H](OC(C)=O)[C@@H]1OC(C)=O. The molecule has 0 saturated carbocycles. The Bertz CT molecular complexity index is 495. The Balaban J connectivity index is 3.19. The molecule has 1 heterocycles. The fraction of sp³-hybridized carbons (Fsp3) is 0.769. The quantitative estimate of drug-likeness (QED) is 0.423. The summed E-state index contributed by atoms with van der Waals surface area (Å²) in [5.74, 6) is -4.78. The fourth-order valence-corrected chi connectivity index (χ4v) is 2.50. The van der Waals surface area contributed by atoms with Gasteiger partial charge in [0.15, 0.2) is 18.5 Å². The first-order valence-electron chi connectivity index (χ1n) is 6.81. The second-order valence-electron chi connectivity index (χ2n) is 5.08. The summed E-state index contributed by atoms with van der Waals surface area (Å²) in [5.41, 5.74) is 0. The van der Waals surface area contributed by atoms with Crippen LogP contribution in [0.3, 0.4) is 0 Å². The van der Waals surface area contributed by atoms with Crippen molar-refractivity contribution in [3.05, 3.63) is 0 Å². The lowest BCUT2D eigenvalue weighted by Gasteiger charge is -2.44. The number of alkyl halides is 3. The van der Waals surface area contributed by atoms with E-state index in [9.17, 15) is 28.3 Å². The van der Waals surface area contributed by atoms with Crippen molar-refractivity contribution in [1.82, 2.24) is 0 Å². The van der Waals surface area contributed by atoms with Gasteiger partial charge in [0, 0.05) is 20.8 Å². The van der Waals surface area contributed by atoms with Crippen LogP contribution < -0.4 is 0 Å². The maximum Gasteiger partial charge on any atom is 0.333 e. The minimum Gasteiger partial charge on any atom is -0.463 e. The number of hydrogen-bond donors (Lipinski definition) is 1. The summed E-state index contributed by atoms with van der Waals surface area (Å²) in [5, 5.41) is 5.78. The Morgan fingerprint density at radius 2 is 1.58 bits per heavy atom. The van der Waals surface area contributed by atoms with Gasteiger partial charge in [0.25, 0.3) is 0 Å². The van der Waals surface area contributed by atoms with Crippen LogP contribution in [-0.4, -0.2) is 59.6 Å². The van der Waals surface area contributed by atoms with Gasteiger partial charge in [-0.3, -0.25) is 14.4 Å². The van der Waals surface area contributed by atoms with Crippen LogP contribution in [0.4, 0.5) is 8.78 Å². The summed E-state index contributed by atoms with van der Waals surface area (Å²) >= 11 is 4.97. The minimum absolute atomic E-state index is 0.525. The van der Waals surface area contributed by atoms with E-state index in [0.29, 0.717) is 0 Å². The first kappa shape index (κ1) is 20.5. The number of ether oxygens (including phenoxy) is 4. The van der Waals surface area contributed by atoms with Crippen LogP contribution in [-0.2, 0) is 33.3 Å². The molecule has 1 fully saturated rings. The van der Waals surface area contributed by atoms with Crippen molar-refractivity contribution >= 4 is 29.5 Å². The lowest BCUT2D eigenvalue weighted by molar-refractivity contribution is -0.300. The van der Waals surface area contributed by atoms with Crippen molar-refractivity contribution in [2.45, 2.75) is 50.8 Å². The molecule has 8 nitrogen and oxygen atoms in total. The van der Waals surface area contributed by atoms with Gasteiger partial charge in [-0.15, -0.1) is 0 Å². The molecule has 1 aliphatic rings. The van der Waals surface area contributed by atoms with E-state index in [0.717, 1.165) is 20.8 Å². The smallest absolute Gasteiger partial charge is 0.333 e. The predicted octanol–water partition coefficient (Wildman–Crippen LogP) is 0.578. The molecule has 138 valence electrons. The third-order valence-electron chi connectivity index (χ3n) is 3.10. The van der Waals surface area contributed by atoms with Crippen LogP contribution in [0.2, 0.25) is 0 Å². The molecule has 0 spiro atoms. The maximum absolute atomic E-state index is 13.6. The number of aliphatic hydroxyl groups excluding tert-OH is 1. The molecule has 0 unspecified atom stereocenters. The Kier molecular flexibility index (Phi) is 6.87. The second kappa shape index (κ2) is 8.04. The van der Waals surface area contributed by atoms with Crippen molar-refractivity contribution in [1.29, 1.82) is 0 Å². The van der Waals surface area contributed by atoms with E-state index >= 15 is 0 Å². The molecule has 1 rings (SSSR count). The summed E-state index contributed by atoms with van der Waals surface area (Å²) in [6.07, 6.45) is -6.88. The third-order valence-corrected chi connectivity index (χ3v) is 3.35. The monoisotopic (exact) mass is 374 g/mol. The molecule has 1 N–H and O–H groups in total. The van der Waals surface area contributed by atoms with Crippen molar-refractivity contribution in [2.24, 2.45) is 5.92 Å². The highest BCUT2D eigenvalue weighted by molar-refractivity contribution is 6.22.